The third-order valence-electron chi connectivity index (χ3n) is 4.25. The van der Waals surface area contributed by atoms with Crippen molar-refractivity contribution in [1.82, 2.24) is 10.2 Å². The molecule has 0 aliphatic carbocycles. The highest BCUT2D eigenvalue weighted by atomic mass is 16.5. The average molecular weight is 302 g/mol. The predicted molar refractivity (Wildman–Crippen MR) is 83.0 cm³/mol. The molecule has 0 unspecified atom stereocenters. The number of hydrogen-bond acceptors (Lipinski definition) is 3. The first kappa shape index (κ1) is 14.9. The second-order valence-electron chi connectivity index (χ2n) is 6.05. The van der Waals surface area contributed by atoms with Gasteiger partial charge in [-0.2, -0.15) is 0 Å². The van der Waals surface area contributed by atoms with Crippen LogP contribution in [0.1, 0.15) is 42.1 Å². The van der Waals surface area contributed by atoms with Crippen molar-refractivity contribution in [2.75, 3.05) is 19.6 Å². The Balaban J connectivity index is 1.52. The molecular formula is C17H22N2O3. The van der Waals surface area contributed by atoms with E-state index in [1.54, 1.807) is 6.07 Å². The van der Waals surface area contributed by atoms with Gasteiger partial charge in [0.1, 0.15) is 11.9 Å². The summed E-state index contributed by atoms with van der Waals surface area (Å²) in [5.41, 5.74) is 1.74. The number of nitrogens with zero attached hydrogens (tertiary/aromatic N) is 1. The quantitative estimate of drug-likeness (QED) is 0.922. The lowest BCUT2D eigenvalue weighted by atomic mass is 10.1. The van der Waals surface area contributed by atoms with Crippen LogP contribution in [-0.2, 0) is 11.2 Å². The van der Waals surface area contributed by atoms with Crippen molar-refractivity contribution in [2.45, 2.75) is 38.7 Å². The summed E-state index contributed by atoms with van der Waals surface area (Å²) in [6, 6.07) is 5.56. The van der Waals surface area contributed by atoms with E-state index in [0.29, 0.717) is 25.1 Å². The summed E-state index contributed by atoms with van der Waals surface area (Å²) in [4.78, 5) is 25.7. The van der Waals surface area contributed by atoms with Gasteiger partial charge in [-0.1, -0.05) is 0 Å². The molecule has 5 nitrogen and oxygen atoms in total. The molecular weight excluding hydrogens is 280 g/mol. The third kappa shape index (κ3) is 3.24. The maximum Gasteiger partial charge on any atom is 0.251 e. The lowest BCUT2D eigenvalue weighted by molar-refractivity contribution is -0.133. The van der Waals surface area contributed by atoms with Gasteiger partial charge in [0.15, 0.2) is 0 Å². The summed E-state index contributed by atoms with van der Waals surface area (Å²) < 4.78 is 5.64. The number of rotatable bonds is 4. The summed E-state index contributed by atoms with van der Waals surface area (Å²) in [6.45, 7) is 3.92. The van der Waals surface area contributed by atoms with Gasteiger partial charge < -0.3 is 15.0 Å². The Labute approximate surface area is 130 Å². The van der Waals surface area contributed by atoms with Crippen molar-refractivity contribution in [3.8, 4) is 5.75 Å². The Morgan fingerprint density at radius 1 is 1.41 bits per heavy atom. The van der Waals surface area contributed by atoms with Crippen molar-refractivity contribution in [1.29, 1.82) is 0 Å². The standard InChI is InChI=1S/C17H22N2O3/c1-12-10-14-11-13(5-6-15(14)22-12)17(21)18-7-9-19-8-3-2-4-16(19)20/h5-6,11-12H,2-4,7-10H2,1H3,(H,18,21)/t12-/m1/s1. The fourth-order valence-corrected chi connectivity index (χ4v) is 3.07. The summed E-state index contributed by atoms with van der Waals surface area (Å²) in [5.74, 6) is 0.985. The van der Waals surface area contributed by atoms with E-state index in [2.05, 4.69) is 5.32 Å². The zero-order valence-corrected chi connectivity index (χ0v) is 12.9. The average Bonchev–Trinajstić information content (AvgIpc) is 2.88. The van der Waals surface area contributed by atoms with Gasteiger partial charge in [-0.25, -0.2) is 0 Å². The number of fused-ring (bicyclic) bond motifs is 1. The Bertz CT molecular complexity index is 585. The minimum absolute atomic E-state index is 0.0909. The molecule has 0 spiro atoms. The number of nitrogens with one attached hydrogen (secondary N) is 1. The molecule has 1 atom stereocenters. The Morgan fingerprint density at radius 2 is 2.27 bits per heavy atom. The van der Waals surface area contributed by atoms with Crippen molar-refractivity contribution >= 4 is 11.8 Å². The first-order chi connectivity index (χ1) is 10.6. The summed E-state index contributed by atoms with van der Waals surface area (Å²) in [5, 5.41) is 2.90. The lowest BCUT2D eigenvalue weighted by Gasteiger charge is -2.26. The van der Waals surface area contributed by atoms with Crippen LogP contribution in [0.15, 0.2) is 18.2 Å². The van der Waals surface area contributed by atoms with Gasteiger partial charge in [-0.05, 0) is 43.5 Å². The summed E-state index contributed by atoms with van der Waals surface area (Å²) in [7, 11) is 0. The zero-order chi connectivity index (χ0) is 15.5. The maximum absolute atomic E-state index is 12.2. The fraction of sp³-hybridized carbons (Fsp3) is 0.529. The van der Waals surface area contributed by atoms with Crippen LogP contribution >= 0.6 is 0 Å². The molecule has 1 saturated heterocycles. The van der Waals surface area contributed by atoms with Crippen LogP contribution < -0.4 is 10.1 Å². The first-order valence-corrected chi connectivity index (χ1v) is 7.99. The number of benzene rings is 1. The summed E-state index contributed by atoms with van der Waals surface area (Å²) >= 11 is 0. The molecule has 2 heterocycles. The lowest BCUT2D eigenvalue weighted by Crippen LogP contribution is -2.41. The number of carbonyl (C=O) groups is 2. The maximum atomic E-state index is 12.2. The van der Waals surface area contributed by atoms with E-state index in [1.807, 2.05) is 24.0 Å². The van der Waals surface area contributed by atoms with Crippen LogP contribution in [0.2, 0.25) is 0 Å². The van der Waals surface area contributed by atoms with Crippen molar-refractivity contribution in [3.63, 3.8) is 0 Å². The van der Waals surface area contributed by atoms with Crippen LogP contribution in [-0.4, -0.2) is 42.5 Å². The molecule has 0 radical (unpaired) electrons. The smallest absolute Gasteiger partial charge is 0.251 e. The van der Waals surface area contributed by atoms with E-state index >= 15 is 0 Å². The zero-order valence-electron chi connectivity index (χ0n) is 12.9. The SMILES string of the molecule is C[C@@H]1Cc2cc(C(=O)NCCN3CCCCC3=O)ccc2O1. The molecule has 2 amide bonds. The predicted octanol–water partition coefficient (Wildman–Crippen LogP) is 1.75. The number of amides is 2. The van der Waals surface area contributed by atoms with Gasteiger partial charge in [0.25, 0.3) is 5.91 Å². The topological polar surface area (TPSA) is 58.6 Å². The van der Waals surface area contributed by atoms with Crippen molar-refractivity contribution in [2.24, 2.45) is 0 Å². The van der Waals surface area contributed by atoms with Gasteiger partial charge in [0, 0.05) is 38.0 Å². The Hall–Kier alpha value is -2.04. The molecule has 118 valence electrons. The number of ether oxygens (including phenoxy) is 1. The number of hydrogen-bond donors (Lipinski definition) is 1. The molecule has 0 bridgehead atoms. The molecule has 1 aromatic rings. The van der Waals surface area contributed by atoms with E-state index in [0.717, 1.165) is 37.1 Å². The van der Waals surface area contributed by atoms with Gasteiger partial charge >= 0.3 is 0 Å². The molecule has 0 aromatic heterocycles. The van der Waals surface area contributed by atoms with Gasteiger partial charge in [-0.15, -0.1) is 0 Å². The second-order valence-corrected chi connectivity index (χ2v) is 6.05. The third-order valence-corrected chi connectivity index (χ3v) is 4.25. The Morgan fingerprint density at radius 3 is 3.09 bits per heavy atom. The second kappa shape index (κ2) is 6.38. The molecule has 0 saturated carbocycles. The highest BCUT2D eigenvalue weighted by Crippen LogP contribution is 2.29. The van der Waals surface area contributed by atoms with E-state index in [4.69, 9.17) is 4.74 Å². The molecule has 5 heteroatoms. The molecule has 22 heavy (non-hydrogen) atoms. The van der Waals surface area contributed by atoms with E-state index in [-0.39, 0.29) is 17.9 Å². The van der Waals surface area contributed by atoms with Crippen molar-refractivity contribution < 1.29 is 14.3 Å². The highest BCUT2D eigenvalue weighted by Gasteiger charge is 2.21. The van der Waals surface area contributed by atoms with Crippen LogP contribution in [0.5, 0.6) is 5.75 Å². The van der Waals surface area contributed by atoms with Crippen LogP contribution in [0.3, 0.4) is 0 Å². The molecule has 2 aliphatic heterocycles. The minimum Gasteiger partial charge on any atom is -0.490 e. The highest BCUT2D eigenvalue weighted by molar-refractivity contribution is 5.94. The Kier molecular flexibility index (Phi) is 4.32. The van der Waals surface area contributed by atoms with E-state index in [9.17, 15) is 9.59 Å². The largest absolute Gasteiger partial charge is 0.490 e. The fourth-order valence-electron chi connectivity index (χ4n) is 3.07. The summed E-state index contributed by atoms with van der Waals surface area (Å²) in [6.07, 6.45) is 3.70. The van der Waals surface area contributed by atoms with Gasteiger partial charge in [0.05, 0.1) is 0 Å². The molecule has 1 aromatic carbocycles. The number of carbonyl (C=O) groups excluding carboxylic acids is 2. The number of likely N-dealkylation sites (tertiary alicyclic amines) is 1. The monoisotopic (exact) mass is 302 g/mol. The molecule has 3 rings (SSSR count). The normalized spacial score (nSPS) is 20.5. The van der Waals surface area contributed by atoms with Crippen LogP contribution in [0.25, 0.3) is 0 Å². The van der Waals surface area contributed by atoms with Gasteiger partial charge in [0.2, 0.25) is 5.91 Å². The van der Waals surface area contributed by atoms with Crippen molar-refractivity contribution in [3.05, 3.63) is 29.3 Å². The van der Waals surface area contributed by atoms with Crippen LogP contribution in [0, 0.1) is 0 Å². The molecule has 2 aliphatic rings. The molecule has 1 fully saturated rings. The van der Waals surface area contributed by atoms with Crippen LogP contribution in [0.4, 0.5) is 0 Å². The molecule has 1 N–H and O–H groups in total. The number of piperidine rings is 1. The van der Waals surface area contributed by atoms with Gasteiger partial charge in [-0.3, -0.25) is 9.59 Å². The first-order valence-electron chi connectivity index (χ1n) is 7.99. The minimum atomic E-state index is -0.0909. The van der Waals surface area contributed by atoms with E-state index < -0.39 is 0 Å². The van der Waals surface area contributed by atoms with E-state index in [1.165, 1.54) is 0 Å².